The largest absolute Gasteiger partial charge is 0.481 e. The van der Waals surface area contributed by atoms with E-state index in [0.717, 1.165) is 7.11 Å². The zero-order valence-electron chi connectivity index (χ0n) is 6.72. The predicted molar refractivity (Wildman–Crippen MR) is 43.7 cm³/mol. The molecule has 0 saturated carbocycles. The van der Waals surface area contributed by atoms with Gasteiger partial charge in [-0.25, -0.2) is 4.79 Å². The highest BCUT2D eigenvalue weighted by molar-refractivity contribution is 8.14. The summed E-state index contributed by atoms with van der Waals surface area (Å²) in [6, 6.07) is 0. The Bertz CT molecular complexity index is 225. The van der Waals surface area contributed by atoms with Gasteiger partial charge < -0.3 is 14.9 Å². The van der Waals surface area contributed by atoms with Crippen molar-refractivity contribution in [2.45, 2.75) is 11.7 Å². The summed E-state index contributed by atoms with van der Waals surface area (Å²) in [5.41, 5.74) is 0. The molecule has 0 fully saturated rings. The molecule has 0 aliphatic rings. The second-order valence-corrected chi connectivity index (χ2v) is 3.13. The summed E-state index contributed by atoms with van der Waals surface area (Å²) < 4.78 is 4.18. The van der Waals surface area contributed by atoms with Crippen molar-refractivity contribution in [3.05, 3.63) is 0 Å². The minimum absolute atomic E-state index is 0.340. The molecule has 0 radical (unpaired) electrons. The minimum Gasteiger partial charge on any atom is -0.481 e. The van der Waals surface area contributed by atoms with E-state index in [2.05, 4.69) is 4.74 Å². The number of hydrogen-bond donors (Lipinski definition) is 2. The Kier molecular flexibility index (Phi) is 4.90. The molecule has 0 amide bonds. The predicted octanol–water partition coefficient (Wildman–Crippen LogP) is 0.414. The van der Waals surface area contributed by atoms with Crippen LogP contribution in [0.15, 0.2) is 0 Å². The maximum absolute atomic E-state index is 10.6. The van der Waals surface area contributed by atoms with Crippen LogP contribution in [0.25, 0.3) is 0 Å². The van der Waals surface area contributed by atoms with Gasteiger partial charge in [0.05, 0.1) is 13.5 Å². The second-order valence-electron chi connectivity index (χ2n) is 2.00. The average molecular weight is 208 g/mol. The van der Waals surface area contributed by atoms with E-state index < -0.39 is 28.9 Å². The fraction of sp³-hybridized carbons (Fsp3) is 0.500. The number of carboxylic acid groups (broad SMARTS) is 2. The summed E-state index contributed by atoms with van der Waals surface area (Å²) in [4.78, 5) is 31.1. The molecule has 0 rings (SSSR count). The Labute approximate surface area is 77.9 Å². The Hall–Kier alpha value is -1.24. The summed E-state index contributed by atoms with van der Waals surface area (Å²) in [6.45, 7) is 0. The van der Waals surface area contributed by atoms with Gasteiger partial charge in [0, 0.05) is 0 Å². The first kappa shape index (κ1) is 11.8. The van der Waals surface area contributed by atoms with E-state index in [4.69, 9.17) is 10.2 Å². The first-order chi connectivity index (χ1) is 5.97. The number of thioether (sulfide) groups is 1. The summed E-state index contributed by atoms with van der Waals surface area (Å²) in [5, 5.41) is 14.7. The molecule has 0 saturated heterocycles. The number of rotatable bonds is 4. The fourth-order valence-electron chi connectivity index (χ4n) is 0.502. The molecule has 1 atom stereocenters. The van der Waals surface area contributed by atoms with Gasteiger partial charge in [-0.2, -0.15) is 0 Å². The molecule has 0 spiro atoms. The highest BCUT2D eigenvalue weighted by Crippen LogP contribution is 2.17. The van der Waals surface area contributed by atoms with Gasteiger partial charge in [0.25, 0.3) is 0 Å². The number of aliphatic carboxylic acids is 2. The summed E-state index contributed by atoms with van der Waals surface area (Å²) in [6.07, 6.45) is -0.616. The lowest BCUT2D eigenvalue weighted by Crippen LogP contribution is -2.22. The van der Waals surface area contributed by atoms with E-state index in [1.54, 1.807) is 0 Å². The van der Waals surface area contributed by atoms with Crippen LogP contribution in [0.1, 0.15) is 6.42 Å². The second kappa shape index (κ2) is 5.41. The van der Waals surface area contributed by atoms with E-state index in [1.165, 1.54) is 0 Å². The third-order valence-electron chi connectivity index (χ3n) is 1.04. The number of ether oxygens (including phenoxy) is 1. The highest BCUT2D eigenvalue weighted by atomic mass is 32.2. The van der Waals surface area contributed by atoms with E-state index >= 15 is 0 Å². The lowest BCUT2D eigenvalue weighted by Gasteiger charge is -2.06. The molecular weight excluding hydrogens is 200 g/mol. The molecule has 6 nitrogen and oxygen atoms in total. The third-order valence-corrected chi connectivity index (χ3v) is 2.05. The molecule has 0 aromatic carbocycles. The molecule has 0 aromatic rings. The Morgan fingerprint density at radius 3 is 2.23 bits per heavy atom. The summed E-state index contributed by atoms with van der Waals surface area (Å²) in [7, 11) is 1.09. The molecule has 2 N–H and O–H groups in total. The van der Waals surface area contributed by atoms with Gasteiger partial charge in [-0.3, -0.25) is 9.59 Å². The van der Waals surface area contributed by atoms with E-state index in [1.807, 2.05) is 0 Å². The van der Waals surface area contributed by atoms with Gasteiger partial charge in [0.1, 0.15) is 5.25 Å². The number of carbonyl (C=O) groups is 3. The number of carbonyl (C=O) groups excluding carboxylic acids is 1. The van der Waals surface area contributed by atoms with Gasteiger partial charge in [0.15, 0.2) is 0 Å². The molecule has 0 aromatic heterocycles. The zero-order valence-corrected chi connectivity index (χ0v) is 7.54. The van der Waals surface area contributed by atoms with E-state index in [0.29, 0.717) is 11.8 Å². The van der Waals surface area contributed by atoms with Crippen LogP contribution >= 0.6 is 11.8 Å². The molecule has 7 heteroatoms. The smallest absolute Gasteiger partial charge is 0.367 e. The van der Waals surface area contributed by atoms with Crippen LogP contribution in [0.3, 0.4) is 0 Å². The van der Waals surface area contributed by atoms with Crippen molar-refractivity contribution >= 4 is 29.0 Å². The summed E-state index contributed by atoms with van der Waals surface area (Å²) >= 11 is 0.340. The molecule has 0 aliphatic heterocycles. The summed E-state index contributed by atoms with van der Waals surface area (Å²) in [5.74, 6) is -2.62. The van der Waals surface area contributed by atoms with Gasteiger partial charge in [-0.15, -0.1) is 0 Å². The lowest BCUT2D eigenvalue weighted by atomic mass is 10.3. The maximum Gasteiger partial charge on any atom is 0.367 e. The molecule has 1 unspecified atom stereocenters. The topological polar surface area (TPSA) is 101 Å². The standard InChI is InChI=1S/C6H8O6S/c1-12-6(11)13-3(5(9)10)2-4(7)8/h3H,2H2,1H3,(H,7,8)(H,9,10). The van der Waals surface area contributed by atoms with E-state index in [-0.39, 0.29) is 0 Å². The Morgan fingerprint density at radius 2 is 1.92 bits per heavy atom. The fourth-order valence-corrected chi connectivity index (χ4v) is 1.16. The van der Waals surface area contributed by atoms with Crippen molar-refractivity contribution in [1.82, 2.24) is 0 Å². The van der Waals surface area contributed by atoms with Crippen molar-refractivity contribution in [2.75, 3.05) is 7.11 Å². The third kappa shape index (κ3) is 5.07. The van der Waals surface area contributed by atoms with Crippen molar-refractivity contribution in [3.8, 4) is 0 Å². The van der Waals surface area contributed by atoms with Crippen LogP contribution in [-0.2, 0) is 14.3 Å². The van der Waals surface area contributed by atoms with Crippen LogP contribution in [-0.4, -0.2) is 39.8 Å². The number of methoxy groups -OCH3 is 1. The van der Waals surface area contributed by atoms with Gasteiger partial charge in [-0.05, 0) is 11.8 Å². The van der Waals surface area contributed by atoms with Crippen LogP contribution in [0.2, 0.25) is 0 Å². The van der Waals surface area contributed by atoms with Crippen molar-refractivity contribution in [2.24, 2.45) is 0 Å². The minimum atomic E-state index is -1.35. The normalized spacial score (nSPS) is 11.8. The van der Waals surface area contributed by atoms with Crippen LogP contribution in [0, 0.1) is 0 Å². The van der Waals surface area contributed by atoms with Gasteiger partial charge in [0.2, 0.25) is 0 Å². The Morgan fingerprint density at radius 1 is 1.38 bits per heavy atom. The monoisotopic (exact) mass is 208 g/mol. The highest BCUT2D eigenvalue weighted by Gasteiger charge is 2.25. The van der Waals surface area contributed by atoms with E-state index in [9.17, 15) is 14.4 Å². The maximum atomic E-state index is 10.6. The number of carboxylic acids is 2. The SMILES string of the molecule is COC(=O)SC(CC(=O)O)C(=O)O. The van der Waals surface area contributed by atoms with Crippen molar-refractivity contribution in [3.63, 3.8) is 0 Å². The van der Waals surface area contributed by atoms with Gasteiger partial charge >= 0.3 is 17.2 Å². The first-order valence-corrected chi connectivity index (χ1v) is 4.04. The molecule has 0 bridgehead atoms. The van der Waals surface area contributed by atoms with Crippen LogP contribution in [0.5, 0.6) is 0 Å². The molecule has 13 heavy (non-hydrogen) atoms. The van der Waals surface area contributed by atoms with Crippen LogP contribution in [0.4, 0.5) is 4.79 Å². The molecular formula is C6H8O6S. The first-order valence-electron chi connectivity index (χ1n) is 3.16. The molecule has 0 aliphatic carbocycles. The quantitative estimate of drug-likeness (QED) is 0.645. The van der Waals surface area contributed by atoms with Crippen molar-refractivity contribution < 1.29 is 29.3 Å². The zero-order chi connectivity index (χ0) is 10.4. The Balaban J connectivity index is 4.18. The molecule has 74 valence electrons. The lowest BCUT2D eigenvalue weighted by molar-refractivity contribution is -0.142. The van der Waals surface area contributed by atoms with Crippen LogP contribution < -0.4 is 0 Å². The average Bonchev–Trinajstić information content (AvgIpc) is 2.02. The molecule has 0 heterocycles. The number of hydrogen-bond acceptors (Lipinski definition) is 5. The van der Waals surface area contributed by atoms with Gasteiger partial charge in [-0.1, -0.05) is 0 Å². The van der Waals surface area contributed by atoms with Crippen molar-refractivity contribution in [1.29, 1.82) is 0 Å².